The Morgan fingerprint density at radius 3 is 2.79 bits per heavy atom. The summed E-state index contributed by atoms with van der Waals surface area (Å²) in [5, 5.41) is 0. The van der Waals surface area contributed by atoms with Crippen LogP contribution in [0.25, 0.3) is 0 Å². The van der Waals surface area contributed by atoms with E-state index in [0.717, 1.165) is 5.56 Å². The molecule has 14 heavy (non-hydrogen) atoms. The van der Waals surface area contributed by atoms with Gasteiger partial charge in [0.05, 0.1) is 12.2 Å². The van der Waals surface area contributed by atoms with Crippen molar-refractivity contribution in [1.82, 2.24) is 0 Å². The fraction of sp³-hybridized carbons (Fsp3) is 0.300. The number of hydrogen-bond acceptors (Lipinski definition) is 3. The van der Waals surface area contributed by atoms with E-state index in [1.54, 1.807) is 19.1 Å². The minimum atomic E-state index is -0.331. The van der Waals surface area contributed by atoms with Crippen LogP contribution in [0.2, 0.25) is 0 Å². The number of hydrogen-bond donors (Lipinski definition) is 1. The van der Waals surface area contributed by atoms with Gasteiger partial charge in [-0.1, -0.05) is 0 Å². The summed E-state index contributed by atoms with van der Waals surface area (Å²) < 4.78 is 5.60. The van der Waals surface area contributed by atoms with Crippen molar-refractivity contribution in [3.63, 3.8) is 0 Å². The SMILES string of the molecule is CCOC(=O)c1ccc(N)c(C)c1Br. The number of carbonyl (C=O) groups excluding carboxylic acids is 1. The maximum absolute atomic E-state index is 11.4. The van der Waals surface area contributed by atoms with Crippen molar-refractivity contribution in [2.45, 2.75) is 13.8 Å². The first-order chi connectivity index (χ1) is 6.57. The van der Waals surface area contributed by atoms with Gasteiger partial charge < -0.3 is 10.5 Å². The predicted octanol–water partition coefficient (Wildman–Crippen LogP) is 2.52. The lowest BCUT2D eigenvalue weighted by Crippen LogP contribution is -2.07. The maximum atomic E-state index is 11.4. The lowest BCUT2D eigenvalue weighted by Gasteiger charge is -2.08. The zero-order chi connectivity index (χ0) is 10.7. The summed E-state index contributed by atoms with van der Waals surface area (Å²) in [7, 11) is 0. The predicted molar refractivity (Wildman–Crippen MR) is 59.2 cm³/mol. The molecule has 2 N–H and O–H groups in total. The smallest absolute Gasteiger partial charge is 0.339 e. The van der Waals surface area contributed by atoms with E-state index < -0.39 is 0 Å². The van der Waals surface area contributed by atoms with Gasteiger partial charge in [0.2, 0.25) is 0 Å². The summed E-state index contributed by atoms with van der Waals surface area (Å²) in [6.07, 6.45) is 0. The van der Waals surface area contributed by atoms with Crippen LogP contribution < -0.4 is 5.73 Å². The molecule has 4 heteroatoms. The Hall–Kier alpha value is -1.03. The lowest BCUT2D eigenvalue weighted by molar-refractivity contribution is 0.0525. The van der Waals surface area contributed by atoms with Gasteiger partial charge >= 0.3 is 5.97 Å². The average Bonchev–Trinajstić information content (AvgIpc) is 2.15. The van der Waals surface area contributed by atoms with Crippen molar-refractivity contribution in [2.75, 3.05) is 12.3 Å². The molecule has 0 aliphatic rings. The van der Waals surface area contributed by atoms with Gasteiger partial charge in [-0.05, 0) is 47.5 Å². The summed E-state index contributed by atoms with van der Waals surface area (Å²) in [5.74, 6) is -0.331. The molecule has 0 atom stereocenters. The number of rotatable bonds is 2. The van der Waals surface area contributed by atoms with E-state index in [1.807, 2.05) is 6.92 Å². The van der Waals surface area contributed by atoms with Crippen molar-refractivity contribution in [1.29, 1.82) is 0 Å². The molecular formula is C10H12BrNO2. The summed E-state index contributed by atoms with van der Waals surface area (Å²) in [6, 6.07) is 3.36. The van der Waals surface area contributed by atoms with E-state index in [1.165, 1.54) is 0 Å². The van der Waals surface area contributed by atoms with Gasteiger partial charge in [0.15, 0.2) is 0 Å². The zero-order valence-electron chi connectivity index (χ0n) is 8.13. The molecule has 0 bridgehead atoms. The van der Waals surface area contributed by atoms with Gasteiger partial charge in [-0.2, -0.15) is 0 Å². The monoisotopic (exact) mass is 257 g/mol. The normalized spacial score (nSPS) is 9.93. The highest BCUT2D eigenvalue weighted by Gasteiger charge is 2.13. The third-order valence-electron chi connectivity index (χ3n) is 1.92. The number of nitrogens with two attached hydrogens (primary N) is 1. The molecule has 3 nitrogen and oxygen atoms in total. The minimum absolute atomic E-state index is 0.331. The number of esters is 1. The largest absolute Gasteiger partial charge is 0.462 e. The molecule has 0 aliphatic carbocycles. The van der Waals surface area contributed by atoms with Crippen LogP contribution in [0.4, 0.5) is 5.69 Å². The van der Waals surface area contributed by atoms with Gasteiger partial charge in [0, 0.05) is 10.2 Å². The standard InChI is InChI=1S/C10H12BrNO2/c1-3-14-10(13)7-4-5-8(12)6(2)9(7)11/h4-5H,3,12H2,1-2H3. The van der Waals surface area contributed by atoms with Crippen LogP contribution in [0, 0.1) is 6.92 Å². The van der Waals surface area contributed by atoms with Gasteiger partial charge in [0.25, 0.3) is 0 Å². The second-order valence-corrected chi connectivity index (χ2v) is 3.65. The van der Waals surface area contributed by atoms with E-state index in [9.17, 15) is 4.79 Å². The lowest BCUT2D eigenvalue weighted by atomic mass is 10.1. The molecule has 1 aromatic carbocycles. The van der Waals surface area contributed by atoms with Crippen LogP contribution >= 0.6 is 15.9 Å². The van der Waals surface area contributed by atoms with Crippen LogP contribution in [0.1, 0.15) is 22.8 Å². The van der Waals surface area contributed by atoms with E-state index in [0.29, 0.717) is 22.3 Å². The van der Waals surface area contributed by atoms with Crippen LogP contribution in [0.5, 0.6) is 0 Å². The molecule has 0 fully saturated rings. The second kappa shape index (κ2) is 4.46. The molecular weight excluding hydrogens is 246 g/mol. The summed E-state index contributed by atoms with van der Waals surface area (Å²) >= 11 is 3.32. The van der Waals surface area contributed by atoms with E-state index in [-0.39, 0.29) is 5.97 Å². The molecule has 0 radical (unpaired) electrons. The Kier molecular flexibility index (Phi) is 3.52. The van der Waals surface area contributed by atoms with E-state index in [4.69, 9.17) is 10.5 Å². The third-order valence-corrected chi connectivity index (χ3v) is 2.95. The molecule has 0 saturated heterocycles. The average molecular weight is 258 g/mol. The molecule has 0 heterocycles. The number of nitrogen functional groups attached to an aromatic ring is 1. The molecule has 0 saturated carbocycles. The van der Waals surface area contributed by atoms with Crippen LogP contribution in [-0.4, -0.2) is 12.6 Å². The molecule has 76 valence electrons. The Labute approximate surface area is 91.4 Å². The molecule has 1 aromatic rings. The Bertz CT molecular complexity index is 363. The first-order valence-electron chi connectivity index (χ1n) is 4.29. The van der Waals surface area contributed by atoms with Crippen LogP contribution in [0.15, 0.2) is 16.6 Å². The van der Waals surface area contributed by atoms with Crippen molar-refractivity contribution in [3.05, 3.63) is 27.7 Å². The molecule has 0 spiro atoms. The number of ether oxygens (including phenoxy) is 1. The summed E-state index contributed by atoms with van der Waals surface area (Å²) in [4.78, 5) is 11.4. The molecule has 1 rings (SSSR count). The van der Waals surface area contributed by atoms with Gasteiger partial charge in [0.1, 0.15) is 0 Å². The quantitative estimate of drug-likeness (QED) is 0.655. The zero-order valence-corrected chi connectivity index (χ0v) is 9.72. The van der Waals surface area contributed by atoms with Gasteiger partial charge in [-0.3, -0.25) is 0 Å². The number of anilines is 1. The van der Waals surface area contributed by atoms with E-state index >= 15 is 0 Å². The molecule has 0 unspecified atom stereocenters. The molecule has 0 amide bonds. The highest BCUT2D eigenvalue weighted by molar-refractivity contribution is 9.10. The fourth-order valence-corrected chi connectivity index (χ4v) is 1.59. The van der Waals surface area contributed by atoms with E-state index in [2.05, 4.69) is 15.9 Å². The Morgan fingerprint density at radius 2 is 2.21 bits per heavy atom. The van der Waals surface area contributed by atoms with Crippen LogP contribution in [0.3, 0.4) is 0 Å². The molecule has 0 aromatic heterocycles. The highest BCUT2D eigenvalue weighted by atomic mass is 79.9. The maximum Gasteiger partial charge on any atom is 0.339 e. The topological polar surface area (TPSA) is 52.3 Å². The Balaban J connectivity index is 3.11. The minimum Gasteiger partial charge on any atom is -0.462 e. The second-order valence-electron chi connectivity index (χ2n) is 2.86. The third kappa shape index (κ3) is 2.07. The number of halogens is 1. The first kappa shape index (κ1) is 11.0. The number of carbonyl (C=O) groups is 1. The van der Waals surface area contributed by atoms with Gasteiger partial charge in [-0.15, -0.1) is 0 Å². The summed E-state index contributed by atoms with van der Waals surface area (Å²) in [5.41, 5.74) is 7.71. The fourth-order valence-electron chi connectivity index (χ4n) is 1.07. The number of benzene rings is 1. The molecule has 0 aliphatic heterocycles. The first-order valence-corrected chi connectivity index (χ1v) is 5.09. The highest BCUT2D eigenvalue weighted by Crippen LogP contribution is 2.26. The van der Waals surface area contributed by atoms with Crippen molar-refractivity contribution >= 4 is 27.6 Å². The Morgan fingerprint density at radius 1 is 1.57 bits per heavy atom. The van der Waals surface area contributed by atoms with Crippen molar-refractivity contribution in [2.24, 2.45) is 0 Å². The van der Waals surface area contributed by atoms with Gasteiger partial charge in [-0.25, -0.2) is 4.79 Å². The van der Waals surface area contributed by atoms with Crippen LogP contribution in [-0.2, 0) is 4.74 Å². The van der Waals surface area contributed by atoms with Crippen molar-refractivity contribution < 1.29 is 9.53 Å². The summed E-state index contributed by atoms with van der Waals surface area (Å²) in [6.45, 7) is 3.99. The van der Waals surface area contributed by atoms with Crippen molar-refractivity contribution in [3.8, 4) is 0 Å².